The quantitative estimate of drug-likeness (QED) is 0.924. The Morgan fingerprint density at radius 1 is 1.29 bits per heavy atom. The minimum Gasteiger partial charge on any atom is -0.493 e. The molecule has 0 amide bonds. The number of morpholine rings is 1. The molecule has 2 aliphatic heterocycles. The van der Waals surface area contributed by atoms with E-state index in [-0.39, 0.29) is 11.7 Å². The number of benzene rings is 1. The van der Waals surface area contributed by atoms with E-state index in [0.717, 1.165) is 38.5 Å². The number of hydrogen-bond acceptors (Lipinski definition) is 4. The van der Waals surface area contributed by atoms with Gasteiger partial charge in [-0.2, -0.15) is 0 Å². The summed E-state index contributed by atoms with van der Waals surface area (Å²) in [5.41, 5.74) is 1.17. The maximum Gasteiger partial charge on any atom is 0.122 e. The lowest BCUT2D eigenvalue weighted by Gasteiger charge is -2.36. The molecule has 4 nitrogen and oxygen atoms in total. The highest BCUT2D eigenvalue weighted by Crippen LogP contribution is 2.33. The van der Waals surface area contributed by atoms with Crippen molar-refractivity contribution in [3.63, 3.8) is 0 Å². The first kappa shape index (κ1) is 14.8. The monoisotopic (exact) mass is 291 g/mol. The standard InChI is InChI=1S/C17H25NO3/c1-17(2)12-18-9-14(21-17)11-19-10-13-7-8-20-16-6-4-3-5-15(13)16/h3-6,13-14,18H,7-12H2,1-2H3. The number of para-hydroxylation sites is 1. The molecule has 3 rings (SSSR count). The van der Waals surface area contributed by atoms with Crippen LogP contribution in [0.1, 0.15) is 31.7 Å². The molecule has 0 aromatic heterocycles. The van der Waals surface area contributed by atoms with Gasteiger partial charge >= 0.3 is 0 Å². The van der Waals surface area contributed by atoms with Crippen molar-refractivity contribution < 1.29 is 14.2 Å². The van der Waals surface area contributed by atoms with E-state index in [2.05, 4.69) is 31.3 Å². The van der Waals surface area contributed by atoms with Gasteiger partial charge in [-0.25, -0.2) is 0 Å². The highest BCUT2D eigenvalue weighted by atomic mass is 16.5. The molecule has 21 heavy (non-hydrogen) atoms. The number of ether oxygens (including phenoxy) is 3. The van der Waals surface area contributed by atoms with E-state index in [9.17, 15) is 0 Å². The molecule has 1 N–H and O–H groups in total. The van der Waals surface area contributed by atoms with Gasteiger partial charge in [-0.3, -0.25) is 0 Å². The van der Waals surface area contributed by atoms with Gasteiger partial charge < -0.3 is 19.5 Å². The molecule has 2 aliphatic rings. The molecular formula is C17H25NO3. The van der Waals surface area contributed by atoms with E-state index in [0.29, 0.717) is 12.5 Å². The molecule has 0 saturated carbocycles. The maximum atomic E-state index is 6.02. The molecule has 1 saturated heterocycles. The molecule has 1 aromatic rings. The number of nitrogens with one attached hydrogen (secondary N) is 1. The lowest BCUT2D eigenvalue weighted by molar-refractivity contribution is -0.121. The smallest absolute Gasteiger partial charge is 0.122 e. The average Bonchev–Trinajstić information content (AvgIpc) is 2.46. The molecule has 1 fully saturated rings. The second kappa shape index (κ2) is 6.34. The third-order valence-corrected chi connectivity index (χ3v) is 4.11. The zero-order valence-electron chi connectivity index (χ0n) is 12.9. The highest BCUT2D eigenvalue weighted by molar-refractivity contribution is 5.37. The van der Waals surface area contributed by atoms with Crippen molar-refractivity contribution >= 4 is 0 Å². The van der Waals surface area contributed by atoms with E-state index in [1.807, 2.05) is 12.1 Å². The summed E-state index contributed by atoms with van der Waals surface area (Å²) in [5.74, 6) is 1.44. The van der Waals surface area contributed by atoms with Crippen LogP contribution in [0.3, 0.4) is 0 Å². The Kier molecular flexibility index (Phi) is 4.48. The molecule has 1 aromatic carbocycles. The van der Waals surface area contributed by atoms with Crippen molar-refractivity contribution in [2.75, 3.05) is 32.9 Å². The van der Waals surface area contributed by atoms with Crippen LogP contribution >= 0.6 is 0 Å². The predicted octanol–water partition coefficient (Wildman–Crippen LogP) is 2.34. The summed E-state index contributed by atoms with van der Waals surface area (Å²) in [5, 5.41) is 3.40. The number of rotatable bonds is 4. The van der Waals surface area contributed by atoms with Crippen molar-refractivity contribution in [3.8, 4) is 5.75 Å². The van der Waals surface area contributed by atoms with Gasteiger partial charge in [-0.15, -0.1) is 0 Å². The van der Waals surface area contributed by atoms with Gasteiger partial charge in [0.15, 0.2) is 0 Å². The molecule has 0 bridgehead atoms. The maximum absolute atomic E-state index is 6.02. The van der Waals surface area contributed by atoms with Crippen LogP contribution in [-0.2, 0) is 9.47 Å². The first-order valence-electron chi connectivity index (χ1n) is 7.82. The Morgan fingerprint density at radius 3 is 3.00 bits per heavy atom. The van der Waals surface area contributed by atoms with Gasteiger partial charge in [0.2, 0.25) is 0 Å². The van der Waals surface area contributed by atoms with Gasteiger partial charge in [0.25, 0.3) is 0 Å². The molecule has 2 unspecified atom stereocenters. The van der Waals surface area contributed by atoms with Gasteiger partial charge in [0.1, 0.15) is 5.75 Å². The first-order chi connectivity index (χ1) is 10.1. The van der Waals surface area contributed by atoms with Crippen molar-refractivity contribution in [3.05, 3.63) is 29.8 Å². The van der Waals surface area contributed by atoms with E-state index in [1.54, 1.807) is 0 Å². The van der Waals surface area contributed by atoms with Crippen LogP contribution in [0, 0.1) is 0 Å². The Balaban J connectivity index is 1.50. The van der Waals surface area contributed by atoms with Crippen LogP contribution in [-0.4, -0.2) is 44.6 Å². The van der Waals surface area contributed by atoms with Gasteiger partial charge in [0, 0.05) is 19.0 Å². The molecule has 116 valence electrons. The summed E-state index contributed by atoms with van der Waals surface area (Å²) < 4.78 is 17.6. The van der Waals surface area contributed by atoms with Gasteiger partial charge in [0.05, 0.1) is 31.5 Å². The zero-order valence-corrected chi connectivity index (χ0v) is 12.9. The second-order valence-corrected chi connectivity index (χ2v) is 6.54. The topological polar surface area (TPSA) is 39.7 Å². The molecule has 0 spiro atoms. The SMILES string of the molecule is CC1(C)CNCC(COCC2CCOc3ccccc32)O1. The van der Waals surface area contributed by atoms with Crippen LogP contribution in [0.25, 0.3) is 0 Å². The second-order valence-electron chi connectivity index (χ2n) is 6.54. The van der Waals surface area contributed by atoms with Crippen LogP contribution < -0.4 is 10.1 Å². The van der Waals surface area contributed by atoms with Crippen molar-refractivity contribution in [2.45, 2.75) is 37.9 Å². The van der Waals surface area contributed by atoms with Crippen LogP contribution in [0.15, 0.2) is 24.3 Å². The van der Waals surface area contributed by atoms with Gasteiger partial charge in [-0.1, -0.05) is 18.2 Å². The summed E-state index contributed by atoms with van der Waals surface area (Å²) in [6.45, 7) is 8.16. The van der Waals surface area contributed by atoms with Gasteiger partial charge in [-0.05, 0) is 31.9 Å². The van der Waals surface area contributed by atoms with E-state index in [4.69, 9.17) is 14.2 Å². The third-order valence-electron chi connectivity index (χ3n) is 4.11. The van der Waals surface area contributed by atoms with E-state index >= 15 is 0 Å². The van der Waals surface area contributed by atoms with Crippen LogP contribution in [0.4, 0.5) is 0 Å². The normalized spacial score (nSPS) is 27.7. The molecule has 2 atom stereocenters. The summed E-state index contributed by atoms with van der Waals surface area (Å²) in [7, 11) is 0. The summed E-state index contributed by atoms with van der Waals surface area (Å²) in [6, 6.07) is 8.27. The summed E-state index contributed by atoms with van der Waals surface area (Å²) in [4.78, 5) is 0. The highest BCUT2D eigenvalue weighted by Gasteiger charge is 2.29. The fourth-order valence-corrected chi connectivity index (χ4v) is 3.09. The number of hydrogen-bond donors (Lipinski definition) is 1. The fourth-order valence-electron chi connectivity index (χ4n) is 3.09. The summed E-state index contributed by atoms with van der Waals surface area (Å²) >= 11 is 0. The molecule has 0 radical (unpaired) electrons. The van der Waals surface area contributed by atoms with Crippen molar-refractivity contribution in [2.24, 2.45) is 0 Å². The van der Waals surface area contributed by atoms with Crippen molar-refractivity contribution in [1.29, 1.82) is 0 Å². The van der Waals surface area contributed by atoms with Crippen LogP contribution in [0.5, 0.6) is 5.75 Å². The van der Waals surface area contributed by atoms with Crippen molar-refractivity contribution in [1.82, 2.24) is 5.32 Å². The largest absolute Gasteiger partial charge is 0.493 e. The third kappa shape index (κ3) is 3.76. The Bertz CT molecular complexity index is 475. The fraction of sp³-hybridized carbons (Fsp3) is 0.647. The lowest BCUT2D eigenvalue weighted by Crippen LogP contribution is -2.51. The van der Waals surface area contributed by atoms with E-state index in [1.165, 1.54) is 5.56 Å². The average molecular weight is 291 g/mol. The molecule has 2 heterocycles. The number of fused-ring (bicyclic) bond motifs is 1. The summed E-state index contributed by atoms with van der Waals surface area (Å²) in [6.07, 6.45) is 1.16. The lowest BCUT2D eigenvalue weighted by atomic mass is 9.94. The molecule has 0 aliphatic carbocycles. The Labute approximate surface area is 126 Å². The molecular weight excluding hydrogens is 266 g/mol. The minimum atomic E-state index is -0.0996. The van der Waals surface area contributed by atoms with E-state index < -0.39 is 0 Å². The first-order valence-corrected chi connectivity index (χ1v) is 7.82. The molecule has 4 heteroatoms. The Hall–Kier alpha value is -1.10. The zero-order chi connectivity index (χ0) is 14.7. The predicted molar refractivity (Wildman–Crippen MR) is 81.9 cm³/mol. The van der Waals surface area contributed by atoms with Crippen LogP contribution in [0.2, 0.25) is 0 Å². The minimum absolute atomic E-state index is 0.0996. The Morgan fingerprint density at radius 2 is 2.14 bits per heavy atom.